The maximum atomic E-state index is 12.8. The van der Waals surface area contributed by atoms with Crippen molar-refractivity contribution >= 4 is 31.6 Å². The van der Waals surface area contributed by atoms with Crippen LogP contribution in [0.2, 0.25) is 0 Å². The van der Waals surface area contributed by atoms with Crippen LogP contribution < -0.4 is 0 Å². The number of nitro groups is 1. The number of nitro benzene ring substituents is 1. The minimum atomic E-state index is -3.66. The smallest absolute Gasteiger partial charge is 0.269 e. The average Bonchev–Trinajstić information content (AvgIpc) is 2.65. The zero-order valence-corrected chi connectivity index (χ0v) is 17.2. The zero-order chi connectivity index (χ0) is 19.2. The lowest BCUT2D eigenvalue weighted by Gasteiger charge is -2.34. The number of alkyl halides is 1. The summed E-state index contributed by atoms with van der Waals surface area (Å²) < 4.78 is 32.8. The lowest BCUT2D eigenvalue weighted by Crippen LogP contribution is -2.40. The molecule has 9 heteroatoms. The van der Waals surface area contributed by atoms with Crippen LogP contribution in [-0.2, 0) is 14.8 Å². The van der Waals surface area contributed by atoms with Crippen LogP contribution in [0.15, 0.2) is 29.2 Å². The highest BCUT2D eigenvalue weighted by Crippen LogP contribution is 2.28. The van der Waals surface area contributed by atoms with Crippen molar-refractivity contribution in [2.45, 2.75) is 55.6 Å². The average molecular weight is 449 g/mol. The highest BCUT2D eigenvalue weighted by atomic mass is 79.9. The molecule has 1 aromatic rings. The largest absolute Gasteiger partial charge is 0.378 e. The Labute approximate surface area is 163 Å². The molecule has 0 spiro atoms. The summed E-state index contributed by atoms with van der Waals surface area (Å²) in [5, 5.41) is 11.7. The fraction of sp³-hybridized carbons (Fsp3) is 0.647. The van der Waals surface area contributed by atoms with Crippen molar-refractivity contribution in [1.82, 2.24) is 4.31 Å². The minimum Gasteiger partial charge on any atom is -0.378 e. The molecule has 0 unspecified atom stereocenters. The molecular weight excluding hydrogens is 424 g/mol. The Morgan fingerprint density at radius 2 is 1.81 bits per heavy atom. The Bertz CT molecular complexity index is 688. The van der Waals surface area contributed by atoms with Crippen LogP contribution >= 0.6 is 15.9 Å². The summed E-state index contributed by atoms with van der Waals surface area (Å²) >= 11 is 3.40. The minimum absolute atomic E-state index is 0.0717. The van der Waals surface area contributed by atoms with E-state index in [0.717, 1.165) is 50.5 Å². The second-order valence-corrected chi connectivity index (χ2v) is 9.26. The molecule has 0 radical (unpaired) electrons. The Balaban J connectivity index is 1.92. The number of sulfonamides is 1. The summed E-state index contributed by atoms with van der Waals surface area (Å²) in [4.78, 5) is 10.3. The van der Waals surface area contributed by atoms with Gasteiger partial charge in [0, 0.05) is 37.2 Å². The number of ether oxygens (including phenoxy) is 1. The fourth-order valence-electron chi connectivity index (χ4n) is 3.12. The van der Waals surface area contributed by atoms with E-state index in [1.165, 1.54) is 28.6 Å². The van der Waals surface area contributed by atoms with Crippen LogP contribution in [0.4, 0.5) is 5.69 Å². The number of rotatable bonds is 9. The lowest BCUT2D eigenvalue weighted by molar-refractivity contribution is -0.384. The summed E-state index contributed by atoms with van der Waals surface area (Å²) in [6.45, 7) is 0.748. The Hall–Kier alpha value is -1.03. The molecule has 1 saturated carbocycles. The van der Waals surface area contributed by atoms with Gasteiger partial charge in [-0.05, 0) is 50.7 Å². The zero-order valence-electron chi connectivity index (χ0n) is 14.8. The maximum absolute atomic E-state index is 12.8. The third-order valence-corrected chi connectivity index (χ3v) is 7.25. The molecule has 0 aliphatic heterocycles. The van der Waals surface area contributed by atoms with E-state index in [4.69, 9.17) is 4.74 Å². The molecule has 0 bridgehead atoms. The molecule has 0 aromatic heterocycles. The van der Waals surface area contributed by atoms with Crippen molar-refractivity contribution in [2.75, 3.05) is 19.0 Å². The van der Waals surface area contributed by atoms with Crippen molar-refractivity contribution in [3.05, 3.63) is 34.4 Å². The topological polar surface area (TPSA) is 89.8 Å². The first-order valence-corrected chi connectivity index (χ1v) is 11.3. The predicted molar refractivity (Wildman–Crippen MR) is 103 cm³/mol. The third kappa shape index (κ3) is 5.48. The predicted octanol–water partition coefficient (Wildman–Crippen LogP) is 3.72. The SMILES string of the molecule is CN(C1CCC(OCCCCBr)CC1)S(=O)(=O)c1ccc([N+](=O)[O-])cc1. The van der Waals surface area contributed by atoms with E-state index < -0.39 is 14.9 Å². The van der Waals surface area contributed by atoms with Crippen LogP contribution in [-0.4, -0.2) is 48.8 Å². The van der Waals surface area contributed by atoms with E-state index in [1.54, 1.807) is 7.05 Å². The van der Waals surface area contributed by atoms with Crippen LogP contribution in [0.1, 0.15) is 38.5 Å². The van der Waals surface area contributed by atoms with E-state index in [-0.39, 0.29) is 22.7 Å². The molecular formula is C17H25BrN2O5S. The Morgan fingerprint density at radius 1 is 1.19 bits per heavy atom. The van der Waals surface area contributed by atoms with Gasteiger partial charge in [-0.1, -0.05) is 15.9 Å². The normalized spacial score (nSPS) is 21.0. The first kappa shape index (κ1) is 21.3. The van der Waals surface area contributed by atoms with Gasteiger partial charge in [0.05, 0.1) is 15.9 Å². The van der Waals surface area contributed by atoms with E-state index in [1.807, 2.05) is 0 Å². The second kappa shape index (κ2) is 9.77. The van der Waals surface area contributed by atoms with Gasteiger partial charge in [-0.2, -0.15) is 4.31 Å². The van der Waals surface area contributed by atoms with Crippen LogP contribution in [0.3, 0.4) is 0 Å². The van der Waals surface area contributed by atoms with Crippen LogP contribution in [0, 0.1) is 10.1 Å². The fourth-order valence-corrected chi connectivity index (χ4v) is 4.94. The Kier molecular flexibility index (Phi) is 8.00. The monoisotopic (exact) mass is 448 g/mol. The van der Waals surface area contributed by atoms with Crippen molar-refractivity contribution in [3.8, 4) is 0 Å². The summed E-state index contributed by atoms with van der Waals surface area (Å²) in [5.74, 6) is 0. The second-order valence-electron chi connectivity index (χ2n) is 6.47. The van der Waals surface area contributed by atoms with Gasteiger partial charge in [-0.15, -0.1) is 0 Å². The van der Waals surface area contributed by atoms with Gasteiger partial charge in [-0.25, -0.2) is 8.42 Å². The number of hydrogen-bond donors (Lipinski definition) is 0. The van der Waals surface area contributed by atoms with Crippen molar-refractivity contribution < 1.29 is 18.1 Å². The van der Waals surface area contributed by atoms with E-state index in [9.17, 15) is 18.5 Å². The van der Waals surface area contributed by atoms with E-state index >= 15 is 0 Å². The van der Waals surface area contributed by atoms with Gasteiger partial charge in [0.25, 0.3) is 5.69 Å². The summed E-state index contributed by atoms with van der Waals surface area (Å²) in [7, 11) is -2.08. The van der Waals surface area contributed by atoms with Crippen molar-refractivity contribution in [3.63, 3.8) is 0 Å². The van der Waals surface area contributed by atoms with Gasteiger partial charge in [0.2, 0.25) is 10.0 Å². The number of benzene rings is 1. The molecule has 0 atom stereocenters. The first-order valence-electron chi connectivity index (χ1n) is 8.76. The van der Waals surface area contributed by atoms with Crippen LogP contribution in [0.25, 0.3) is 0 Å². The van der Waals surface area contributed by atoms with Crippen molar-refractivity contribution in [1.29, 1.82) is 0 Å². The molecule has 0 N–H and O–H groups in total. The molecule has 0 saturated heterocycles. The summed E-state index contributed by atoms with van der Waals surface area (Å²) in [6.07, 6.45) is 5.53. The third-order valence-electron chi connectivity index (χ3n) is 4.76. The molecule has 1 aliphatic carbocycles. The van der Waals surface area contributed by atoms with Crippen LogP contribution in [0.5, 0.6) is 0 Å². The van der Waals surface area contributed by atoms with Gasteiger partial charge < -0.3 is 4.74 Å². The first-order chi connectivity index (χ1) is 12.4. The molecule has 26 heavy (non-hydrogen) atoms. The summed E-state index contributed by atoms with van der Waals surface area (Å²) in [5.41, 5.74) is -0.121. The molecule has 146 valence electrons. The summed E-state index contributed by atoms with van der Waals surface area (Å²) in [6, 6.07) is 4.96. The number of non-ortho nitro benzene ring substituents is 1. The maximum Gasteiger partial charge on any atom is 0.269 e. The molecule has 1 aromatic carbocycles. The molecule has 1 aliphatic rings. The molecule has 7 nitrogen and oxygen atoms in total. The van der Waals surface area contributed by atoms with E-state index in [2.05, 4.69) is 15.9 Å². The molecule has 0 heterocycles. The van der Waals surface area contributed by atoms with E-state index in [0.29, 0.717) is 0 Å². The highest BCUT2D eigenvalue weighted by Gasteiger charge is 2.32. The number of halogens is 1. The molecule has 1 fully saturated rings. The number of hydrogen-bond acceptors (Lipinski definition) is 5. The number of nitrogens with zero attached hydrogens (tertiary/aromatic N) is 2. The van der Waals surface area contributed by atoms with Gasteiger partial charge in [-0.3, -0.25) is 10.1 Å². The molecule has 0 amide bonds. The highest BCUT2D eigenvalue weighted by molar-refractivity contribution is 9.09. The van der Waals surface area contributed by atoms with Crippen molar-refractivity contribution in [2.24, 2.45) is 0 Å². The lowest BCUT2D eigenvalue weighted by atomic mass is 9.93. The standard InChI is InChI=1S/C17H25BrN2O5S/c1-19(14-4-8-16(9-5-14)25-13-3-2-12-18)26(23,24)17-10-6-15(7-11-17)20(21)22/h6-7,10-11,14,16H,2-5,8-9,12-13H2,1H3. The Morgan fingerprint density at radius 3 is 2.35 bits per heavy atom. The quantitative estimate of drug-likeness (QED) is 0.248. The number of unbranched alkanes of at least 4 members (excludes halogenated alkanes) is 1. The molecule has 2 rings (SSSR count). The van der Waals surface area contributed by atoms with Gasteiger partial charge in [0.1, 0.15) is 0 Å². The van der Waals surface area contributed by atoms with Gasteiger partial charge >= 0.3 is 0 Å². The van der Waals surface area contributed by atoms with Gasteiger partial charge in [0.15, 0.2) is 0 Å².